The van der Waals surface area contributed by atoms with Crippen LogP contribution in [0.3, 0.4) is 0 Å². The molecule has 0 spiro atoms. The number of nitrogens with one attached hydrogen (secondary N) is 1. The molecule has 1 aliphatic rings. The molecule has 21 heavy (non-hydrogen) atoms. The van der Waals surface area contributed by atoms with Crippen molar-refractivity contribution >= 4 is 10.8 Å². The van der Waals surface area contributed by atoms with E-state index in [-0.39, 0.29) is 0 Å². The van der Waals surface area contributed by atoms with E-state index in [2.05, 4.69) is 47.8 Å². The van der Waals surface area contributed by atoms with Crippen LogP contribution in [0.15, 0.2) is 42.5 Å². The largest absolute Gasteiger partial charge is 0.492 e. The van der Waals surface area contributed by atoms with Crippen LogP contribution < -0.4 is 10.1 Å². The first-order chi connectivity index (χ1) is 10.4. The first-order valence-corrected chi connectivity index (χ1v) is 8.25. The molecule has 0 heterocycles. The lowest BCUT2D eigenvalue weighted by molar-refractivity contribution is 0.297. The van der Waals surface area contributed by atoms with Gasteiger partial charge in [0.05, 0.1) is 0 Å². The summed E-state index contributed by atoms with van der Waals surface area (Å²) in [7, 11) is 0. The molecule has 3 rings (SSSR count). The second-order valence-corrected chi connectivity index (χ2v) is 6.03. The van der Waals surface area contributed by atoms with E-state index in [1.165, 1.54) is 42.9 Å². The number of benzene rings is 2. The minimum atomic E-state index is 0.737. The van der Waals surface area contributed by atoms with E-state index in [0.29, 0.717) is 0 Å². The average molecular weight is 283 g/mol. The van der Waals surface area contributed by atoms with Crippen LogP contribution in [0.25, 0.3) is 10.8 Å². The Labute approximate surface area is 127 Å². The normalized spacial score (nSPS) is 16.2. The van der Waals surface area contributed by atoms with E-state index >= 15 is 0 Å². The first-order valence-electron chi connectivity index (χ1n) is 8.25. The molecule has 0 unspecified atom stereocenters. The van der Waals surface area contributed by atoms with Gasteiger partial charge in [-0.1, -0.05) is 55.7 Å². The fourth-order valence-electron chi connectivity index (χ4n) is 3.25. The van der Waals surface area contributed by atoms with Gasteiger partial charge in [0.25, 0.3) is 0 Å². The van der Waals surface area contributed by atoms with Gasteiger partial charge in [0.2, 0.25) is 0 Å². The van der Waals surface area contributed by atoms with Gasteiger partial charge in [0.1, 0.15) is 12.4 Å². The van der Waals surface area contributed by atoms with Gasteiger partial charge < -0.3 is 10.1 Å². The van der Waals surface area contributed by atoms with E-state index in [1.807, 2.05) is 0 Å². The van der Waals surface area contributed by atoms with Gasteiger partial charge in [0, 0.05) is 11.9 Å². The van der Waals surface area contributed by atoms with Gasteiger partial charge in [-0.3, -0.25) is 0 Å². The van der Waals surface area contributed by atoms with Crippen LogP contribution in [0.2, 0.25) is 0 Å². The SMILES string of the molecule is c1ccc2c(OCCNCC3CCCCC3)cccc2c1. The number of hydrogen-bond acceptors (Lipinski definition) is 2. The molecule has 2 aromatic carbocycles. The highest BCUT2D eigenvalue weighted by molar-refractivity contribution is 5.88. The molecule has 112 valence electrons. The summed E-state index contributed by atoms with van der Waals surface area (Å²) in [5, 5.41) is 5.99. The van der Waals surface area contributed by atoms with Crippen molar-refractivity contribution in [3.8, 4) is 5.75 Å². The van der Waals surface area contributed by atoms with E-state index < -0.39 is 0 Å². The van der Waals surface area contributed by atoms with Crippen LogP contribution in [-0.2, 0) is 0 Å². The summed E-state index contributed by atoms with van der Waals surface area (Å²) in [6, 6.07) is 14.6. The van der Waals surface area contributed by atoms with Crippen LogP contribution >= 0.6 is 0 Å². The number of fused-ring (bicyclic) bond motifs is 1. The van der Waals surface area contributed by atoms with Gasteiger partial charge in [-0.25, -0.2) is 0 Å². The Morgan fingerprint density at radius 2 is 1.76 bits per heavy atom. The van der Waals surface area contributed by atoms with Crippen molar-refractivity contribution in [1.29, 1.82) is 0 Å². The number of rotatable bonds is 6. The second-order valence-electron chi connectivity index (χ2n) is 6.03. The second kappa shape index (κ2) is 7.46. The minimum Gasteiger partial charge on any atom is -0.492 e. The summed E-state index contributed by atoms with van der Waals surface area (Å²) >= 11 is 0. The third kappa shape index (κ3) is 3.98. The molecule has 2 nitrogen and oxygen atoms in total. The summed E-state index contributed by atoms with van der Waals surface area (Å²) in [4.78, 5) is 0. The zero-order chi connectivity index (χ0) is 14.3. The van der Waals surface area contributed by atoms with E-state index in [4.69, 9.17) is 4.74 Å². The van der Waals surface area contributed by atoms with Gasteiger partial charge in [-0.2, -0.15) is 0 Å². The van der Waals surface area contributed by atoms with Gasteiger partial charge >= 0.3 is 0 Å². The summed E-state index contributed by atoms with van der Waals surface area (Å²) in [5.74, 6) is 1.88. The van der Waals surface area contributed by atoms with Crippen molar-refractivity contribution in [3.05, 3.63) is 42.5 Å². The highest BCUT2D eigenvalue weighted by atomic mass is 16.5. The molecule has 0 saturated heterocycles. The zero-order valence-corrected chi connectivity index (χ0v) is 12.7. The molecule has 2 heteroatoms. The van der Waals surface area contributed by atoms with Crippen molar-refractivity contribution in [1.82, 2.24) is 5.32 Å². The molecule has 0 bridgehead atoms. The van der Waals surface area contributed by atoms with Crippen molar-refractivity contribution in [3.63, 3.8) is 0 Å². The fraction of sp³-hybridized carbons (Fsp3) is 0.474. The molecule has 1 aliphatic carbocycles. The standard InChI is InChI=1S/C19H25NO/c1-2-7-16(8-3-1)15-20-13-14-21-19-12-6-10-17-9-4-5-11-18(17)19/h4-6,9-12,16,20H,1-3,7-8,13-15H2. The van der Waals surface area contributed by atoms with Gasteiger partial charge in [0.15, 0.2) is 0 Å². The molecule has 0 amide bonds. The molecule has 0 aromatic heterocycles. The molecule has 0 atom stereocenters. The Morgan fingerprint density at radius 1 is 0.952 bits per heavy atom. The van der Waals surface area contributed by atoms with E-state index in [9.17, 15) is 0 Å². The third-order valence-electron chi connectivity index (χ3n) is 4.44. The molecule has 0 aliphatic heterocycles. The maximum Gasteiger partial charge on any atom is 0.127 e. The first kappa shape index (κ1) is 14.4. The molecule has 1 N–H and O–H groups in total. The molecular weight excluding hydrogens is 258 g/mol. The Kier molecular flexibility index (Phi) is 5.12. The average Bonchev–Trinajstić information content (AvgIpc) is 2.56. The Balaban J connectivity index is 1.44. The summed E-state index contributed by atoms with van der Waals surface area (Å²) in [6.07, 6.45) is 7.06. The fourth-order valence-corrected chi connectivity index (χ4v) is 3.25. The lowest BCUT2D eigenvalue weighted by Crippen LogP contribution is -2.28. The molecule has 1 fully saturated rings. The van der Waals surface area contributed by atoms with Crippen molar-refractivity contribution < 1.29 is 4.74 Å². The summed E-state index contributed by atoms with van der Waals surface area (Å²) < 4.78 is 5.95. The van der Waals surface area contributed by atoms with E-state index in [1.54, 1.807) is 0 Å². The topological polar surface area (TPSA) is 21.3 Å². The van der Waals surface area contributed by atoms with Gasteiger partial charge in [-0.05, 0) is 36.8 Å². The Morgan fingerprint density at radius 3 is 2.67 bits per heavy atom. The monoisotopic (exact) mass is 283 g/mol. The quantitative estimate of drug-likeness (QED) is 0.794. The highest BCUT2D eigenvalue weighted by Gasteiger charge is 2.12. The van der Waals surface area contributed by atoms with Crippen LogP contribution in [0.1, 0.15) is 32.1 Å². The number of hydrogen-bond donors (Lipinski definition) is 1. The van der Waals surface area contributed by atoms with Crippen molar-refractivity contribution in [2.45, 2.75) is 32.1 Å². The summed E-state index contributed by atoms with van der Waals surface area (Å²) in [6.45, 7) is 2.82. The maximum atomic E-state index is 5.95. The molecular formula is C19H25NO. The number of ether oxygens (including phenoxy) is 1. The zero-order valence-electron chi connectivity index (χ0n) is 12.7. The lowest BCUT2D eigenvalue weighted by Gasteiger charge is -2.21. The van der Waals surface area contributed by atoms with Crippen LogP contribution in [-0.4, -0.2) is 19.7 Å². The van der Waals surface area contributed by atoms with Crippen LogP contribution in [0.4, 0.5) is 0 Å². The molecule has 1 saturated carbocycles. The van der Waals surface area contributed by atoms with Crippen LogP contribution in [0.5, 0.6) is 5.75 Å². The third-order valence-corrected chi connectivity index (χ3v) is 4.44. The molecule has 2 aromatic rings. The molecule has 0 radical (unpaired) electrons. The maximum absolute atomic E-state index is 5.95. The minimum absolute atomic E-state index is 0.737. The Bertz CT molecular complexity index is 555. The smallest absolute Gasteiger partial charge is 0.127 e. The van der Waals surface area contributed by atoms with Crippen LogP contribution in [0, 0.1) is 5.92 Å². The highest BCUT2D eigenvalue weighted by Crippen LogP contribution is 2.25. The Hall–Kier alpha value is -1.54. The van der Waals surface area contributed by atoms with Crippen molar-refractivity contribution in [2.24, 2.45) is 5.92 Å². The lowest BCUT2D eigenvalue weighted by atomic mass is 9.89. The van der Waals surface area contributed by atoms with Crippen molar-refractivity contribution in [2.75, 3.05) is 19.7 Å². The predicted molar refractivity (Wildman–Crippen MR) is 88.9 cm³/mol. The predicted octanol–water partition coefficient (Wildman–Crippen LogP) is 4.39. The summed E-state index contributed by atoms with van der Waals surface area (Å²) in [5.41, 5.74) is 0. The van der Waals surface area contributed by atoms with E-state index in [0.717, 1.165) is 31.4 Å². The van der Waals surface area contributed by atoms with Gasteiger partial charge in [-0.15, -0.1) is 0 Å².